The Labute approximate surface area is 159 Å². The molecule has 1 N–H and O–H groups in total. The summed E-state index contributed by atoms with van der Waals surface area (Å²) in [6.07, 6.45) is 5.48. The number of sulfonamides is 1. The number of H-pyrrole nitrogens is 1. The predicted octanol–water partition coefficient (Wildman–Crippen LogP) is 2.53. The van der Waals surface area contributed by atoms with E-state index in [1.54, 1.807) is 42.5 Å². The van der Waals surface area contributed by atoms with Crippen molar-refractivity contribution < 1.29 is 8.42 Å². The van der Waals surface area contributed by atoms with Crippen molar-refractivity contribution in [3.05, 3.63) is 88.4 Å². The van der Waals surface area contributed by atoms with Crippen molar-refractivity contribution in [1.82, 2.24) is 14.1 Å². The Morgan fingerprint density at radius 1 is 1.26 bits per heavy atom. The SMILES string of the molecule is C=C/C=C(\C=C)Cn1[nH]c2c(c1=O)CCN(S(=O)(=O)c1ccc(C)cc1)C2. The molecule has 0 bridgehead atoms. The maximum Gasteiger partial charge on any atom is 0.270 e. The molecule has 0 unspecified atom stereocenters. The highest BCUT2D eigenvalue weighted by Crippen LogP contribution is 2.23. The van der Waals surface area contributed by atoms with Crippen LogP contribution in [0.4, 0.5) is 0 Å². The molecule has 0 radical (unpaired) electrons. The lowest BCUT2D eigenvalue weighted by Gasteiger charge is -2.25. The van der Waals surface area contributed by atoms with E-state index in [1.807, 2.05) is 6.92 Å². The average Bonchev–Trinajstić information content (AvgIpc) is 2.97. The normalized spacial score (nSPS) is 15.4. The molecule has 1 aromatic heterocycles. The number of benzene rings is 1. The minimum Gasteiger partial charge on any atom is -0.298 e. The first-order chi connectivity index (χ1) is 12.9. The van der Waals surface area contributed by atoms with Gasteiger partial charge in [0.05, 0.1) is 23.7 Å². The van der Waals surface area contributed by atoms with Gasteiger partial charge in [0.25, 0.3) is 5.56 Å². The summed E-state index contributed by atoms with van der Waals surface area (Å²) in [6.45, 7) is 10.1. The minimum atomic E-state index is -3.60. The number of hydrogen-bond donors (Lipinski definition) is 1. The Bertz CT molecular complexity index is 1060. The summed E-state index contributed by atoms with van der Waals surface area (Å²) in [5.74, 6) is 0. The lowest BCUT2D eigenvalue weighted by atomic mass is 10.1. The Morgan fingerprint density at radius 2 is 1.96 bits per heavy atom. The third-order valence-corrected chi connectivity index (χ3v) is 6.54. The Kier molecular flexibility index (Phi) is 5.34. The van der Waals surface area contributed by atoms with Gasteiger partial charge in [-0.2, -0.15) is 4.31 Å². The van der Waals surface area contributed by atoms with Crippen molar-refractivity contribution in [2.24, 2.45) is 0 Å². The lowest BCUT2D eigenvalue weighted by Crippen LogP contribution is -2.37. The summed E-state index contributed by atoms with van der Waals surface area (Å²) < 4.78 is 28.7. The number of nitrogens with one attached hydrogen (secondary N) is 1. The van der Waals surface area contributed by atoms with Crippen LogP contribution in [0.5, 0.6) is 0 Å². The summed E-state index contributed by atoms with van der Waals surface area (Å²) in [7, 11) is -3.60. The van der Waals surface area contributed by atoms with Crippen LogP contribution in [0.1, 0.15) is 16.8 Å². The van der Waals surface area contributed by atoms with Crippen LogP contribution in [-0.2, 0) is 29.5 Å². The van der Waals surface area contributed by atoms with E-state index >= 15 is 0 Å². The largest absolute Gasteiger partial charge is 0.298 e. The van der Waals surface area contributed by atoms with Crippen LogP contribution in [0.2, 0.25) is 0 Å². The number of rotatable bonds is 6. The summed E-state index contributed by atoms with van der Waals surface area (Å²) in [5.41, 5.74) is 3.02. The van der Waals surface area contributed by atoms with Crippen molar-refractivity contribution in [3.8, 4) is 0 Å². The van der Waals surface area contributed by atoms with Gasteiger partial charge in [0.15, 0.2) is 0 Å². The number of hydrogen-bond acceptors (Lipinski definition) is 3. The molecule has 6 nitrogen and oxygen atoms in total. The second-order valence-corrected chi connectivity index (χ2v) is 8.48. The van der Waals surface area contributed by atoms with E-state index in [9.17, 15) is 13.2 Å². The van der Waals surface area contributed by atoms with Gasteiger partial charge in [-0.25, -0.2) is 13.1 Å². The molecule has 0 aliphatic carbocycles. The molecular weight excluding hydrogens is 362 g/mol. The predicted molar refractivity (Wildman–Crippen MR) is 106 cm³/mol. The molecule has 1 aliphatic rings. The maximum atomic E-state index is 12.9. The molecule has 2 heterocycles. The third kappa shape index (κ3) is 3.74. The fourth-order valence-corrected chi connectivity index (χ4v) is 4.56. The number of fused-ring (bicyclic) bond motifs is 1. The molecule has 1 aliphatic heterocycles. The van der Waals surface area contributed by atoms with Crippen LogP contribution in [0, 0.1) is 6.92 Å². The number of aromatic amines is 1. The molecule has 0 spiro atoms. The van der Waals surface area contributed by atoms with Gasteiger partial charge < -0.3 is 0 Å². The monoisotopic (exact) mass is 385 g/mol. The molecule has 27 heavy (non-hydrogen) atoms. The van der Waals surface area contributed by atoms with E-state index in [-0.39, 0.29) is 23.5 Å². The van der Waals surface area contributed by atoms with Crippen molar-refractivity contribution in [2.75, 3.05) is 6.54 Å². The quantitative estimate of drug-likeness (QED) is 0.777. The van der Waals surface area contributed by atoms with Gasteiger partial charge in [-0.05, 0) is 31.1 Å². The van der Waals surface area contributed by atoms with Crippen molar-refractivity contribution in [2.45, 2.75) is 31.3 Å². The van der Waals surface area contributed by atoms with Crippen molar-refractivity contribution >= 4 is 10.0 Å². The van der Waals surface area contributed by atoms with Crippen LogP contribution >= 0.6 is 0 Å². The average molecular weight is 385 g/mol. The number of aryl methyl sites for hydroxylation is 1. The first kappa shape index (κ1) is 19.1. The summed E-state index contributed by atoms with van der Waals surface area (Å²) in [5, 5.41) is 3.06. The molecule has 0 saturated carbocycles. The highest BCUT2D eigenvalue weighted by Gasteiger charge is 2.31. The second-order valence-electron chi connectivity index (χ2n) is 6.54. The van der Waals surface area contributed by atoms with Crippen LogP contribution in [0.15, 0.2) is 70.9 Å². The molecule has 1 aromatic carbocycles. The number of nitrogens with zero attached hydrogens (tertiary/aromatic N) is 2. The topological polar surface area (TPSA) is 75.2 Å². The molecule has 7 heteroatoms. The van der Waals surface area contributed by atoms with Gasteiger partial charge >= 0.3 is 0 Å². The second kappa shape index (κ2) is 7.54. The Balaban J connectivity index is 1.88. The molecule has 2 aromatic rings. The molecule has 0 saturated heterocycles. The summed E-state index contributed by atoms with van der Waals surface area (Å²) in [4.78, 5) is 12.9. The van der Waals surface area contributed by atoms with Gasteiger partial charge in [-0.15, -0.1) is 0 Å². The van der Waals surface area contributed by atoms with Crippen LogP contribution in [0.3, 0.4) is 0 Å². The van der Waals surface area contributed by atoms with Crippen LogP contribution < -0.4 is 5.56 Å². The minimum absolute atomic E-state index is 0.116. The van der Waals surface area contributed by atoms with Gasteiger partial charge in [0.1, 0.15) is 0 Å². The van der Waals surface area contributed by atoms with Crippen molar-refractivity contribution in [1.29, 1.82) is 0 Å². The number of aromatic nitrogens is 2. The molecule has 0 fully saturated rings. The zero-order valence-electron chi connectivity index (χ0n) is 15.3. The van der Waals surface area contributed by atoms with E-state index in [1.165, 1.54) is 8.99 Å². The van der Waals surface area contributed by atoms with Crippen molar-refractivity contribution in [3.63, 3.8) is 0 Å². The fourth-order valence-electron chi connectivity index (χ4n) is 3.15. The van der Waals surface area contributed by atoms with Gasteiger partial charge in [0, 0.05) is 12.1 Å². The molecule has 0 amide bonds. The lowest BCUT2D eigenvalue weighted by molar-refractivity contribution is 0.386. The Hall–Kier alpha value is -2.64. The van der Waals surface area contributed by atoms with E-state index < -0.39 is 10.0 Å². The van der Waals surface area contributed by atoms with E-state index in [4.69, 9.17) is 0 Å². The molecule has 3 rings (SSSR count). The zero-order chi connectivity index (χ0) is 19.6. The van der Waals surface area contributed by atoms with Gasteiger partial charge in [-0.1, -0.05) is 49.1 Å². The van der Waals surface area contributed by atoms with E-state index in [2.05, 4.69) is 18.3 Å². The molecule has 142 valence electrons. The standard InChI is InChI=1S/C20H23N3O3S/c1-4-6-16(5-2)13-23-20(24)18-11-12-22(14-19(18)21-23)27(25,26)17-9-7-15(3)8-10-17/h4-10,21H,1-2,11-14H2,3H3/b16-6+. The van der Waals surface area contributed by atoms with Crippen LogP contribution in [-0.4, -0.2) is 29.0 Å². The fraction of sp³-hybridized carbons (Fsp3) is 0.250. The van der Waals surface area contributed by atoms with Gasteiger partial charge in [-0.3, -0.25) is 9.89 Å². The smallest absolute Gasteiger partial charge is 0.270 e. The first-order valence-electron chi connectivity index (χ1n) is 8.68. The van der Waals surface area contributed by atoms with E-state index in [0.717, 1.165) is 11.1 Å². The Morgan fingerprint density at radius 3 is 2.59 bits per heavy atom. The summed E-state index contributed by atoms with van der Waals surface area (Å²) in [6, 6.07) is 6.79. The van der Waals surface area contributed by atoms with Crippen LogP contribution in [0.25, 0.3) is 0 Å². The highest BCUT2D eigenvalue weighted by molar-refractivity contribution is 7.89. The van der Waals surface area contributed by atoms with Gasteiger partial charge in [0.2, 0.25) is 10.0 Å². The highest BCUT2D eigenvalue weighted by atomic mass is 32.2. The maximum absolute atomic E-state index is 12.9. The first-order valence-corrected chi connectivity index (χ1v) is 10.1. The number of allylic oxidation sites excluding steroid dienone is 4. The zero-order valence-corrected chi connectivity index (χ0v) is 16.1. The third-order valence-electron chi connectivity index (χ3n) is 4.68. The molecular formula is C20H23N3O3S. The van der Waals surface area contributed by atoms with E-state index in [0.29, 0.717) is 24.2 Å². The summed E-state index contributed by atoms with van der Waals surface area (Å²) >= 11 is 0. The molecule has 0 atom stereocenters.